The zero-order valence-electron chi connectivity index (χ0n) is 10.0. The summed E-state index contributed by atoms with van der Waals surface area (Å²) in [5.41, 5.74) is 0. The van der Waals surface area contributed by atoms with Crippen LogP contribution in [0.15, 0.2) is 0 Å². The number of amides is 1. The fourth-order valence-electron chi connectivity index (χ4n) is 1.95. The number of hydrogen-bond donors (Lipinski definition) is 2. The normalized spacial score (nSPS) is 18.1. The Bertz CT molecular complexity index is 186. The Hall–Kier alpha value is -0.570. The van der Waals surface area contributed by atoms with Gasteiger partial charge >= 0.3 is 0 Å². The molecule has 0 aromatic rings. The predicted molar refractivity (Wildman–Crippen MR) is 62.7 cm³/mol. The van der Waals surface area contributed by atoms with E-state index in [2.05, 4.69) is 24.5 Å². The highest BCUT2D eigenvalue weighted by atomic mass is 16.1. The average molecular weight is 212 g/mol. The average Bonchev–Trinajstić information content (AvgIpc) is 2.25. The number of nitrogens with one attached hydrogen (secondary N) is 2. The van der Waals surface area contributed by atoms with Gasteiger partial charge in [0.2, 0.25) is 5.91 Å². The van der Waals surface area contributed by atoms with Crippen LogP contribution in [0.1, 0.15) is 39.5 Å². The van der Waals surface area contributed by atoms with E-state index in [1.165, 1.54) is 6.42 Å². The predicted octanol–water partition coefficient (Wildman–Crippen LogP) is 1.54. The van der Waals surface area contributed by atoms with Gasteiger partial charge in [-0.05, 0) is 44.7 Å². The van der Waals surface area contributed by atoms with Crippen molar-refractivity contribution < 1.29 is 4.79 Å². The topological polar surface area (TPSA) is 41.1 Å². The molecule has 88 valence electrons. The minimum Gasteiger partial charge on any atom is -0.356 e. The molecule has 0 bridgehead atoms. The van der Waals surface area contributed by atoms with Gasteiger partial charge in [-0.3, -0.25) is 4.79 Å². The molecular weight excluding hydrogens is 188 g/mol. The Kier molecular flexibility index (Phi) is 5.69. The maximum absolute atomic E-state index is 11.7. The van der Waals surface area contributed by atoms with Crippen molar-refractivity contribution in [1.29, 1.82) is 0 Å². The maximum atomic E-state index is 11.7. The lowest BCUT2D eigenvalue weighted by Gasteiger charge is -2.21. The molecule has 0 aromatic carbocycles. The summed E-state index contributed by atoms with van der Waals surface area (Å²) in [5, 5.41) is 6.31. The highest BCUT2D eigenvalue weighted by molar-refractivity contribution is 5.78. The number of piperidine rings is 1. The van der Waals surface area contributed by atoms with Crippen LogP contribution in [0, 0.1) is 11.8 Å². The number of rotatable bonds is 5. The van der Waals surface area contributed by atoms with Crippen LogP contribution in [0.5, 0.6) is 0 Å². The summed E-state index contributed by atoms with van der Waals surface area (Å²) in [6.07, 6.45) is 4.30. The fraction of sp³-hybridized carbons (Fsp3) is 0.917. The Balaban J connectivity index is 2.07. The number of carbonyl (C=O) groups is 1. The van der Waals surface area contributed by atoms with Crippen molar-refractivity contribution in [1.82, 2.24) is 10.6 Å². The molecule has 1 aliphatic rings. The van der Waals surface area contributed by atoms with Crippen molar-refractivity contribution in [2.75, 3.05) is 19.6 Å². The van der Waals surface area contributed by atoms with Gasteiger partial charge in [-0.1, -0.05) is 13.8 Å². The van der Waals surface area contributed by atoms with E-state index in [0.717, 1.165) is 44.8 Å². The van der Waals surface area contributed by atoms with Gasteiger partial charge in [-0.2, -0.15) is 0 Å². The Morgan fingerprint density at radius 2 is 2.07 bits per heavy atom. The maximum Gasteiger partial charge on any atom is 0.223 e. The van der Waals surface area contributed by atoms with E-state index in [0.29, 0.717) is 0 Å². The lowest BCUT2D eigenvalue weighted by atomic mass is 9.97. The van der Waals surface area contributed by atoms with Crippen molar-refractivity contribution in [2.45, 2.75) is 39.5 Å². The second-order valence-electron chi connectivity index (χ2n) is 4.85. The quantitative estimate of drug-likeness (QED) is 0.679. The van der Waals surface area contributed by atoms with Crippen LogP contribution in [-0.2, 0) is 4.79 Å². The van der Waals surface area contributed by atoms with Crippen molar-refractivity contribution >= 4 is 5.91 Å². The van der Waals surface area contributed by atoms with Crippen LogP contribution >= 0.6 is 0 Å². The second kappa shape index (κ2) is 6.83. The zero-order chi connectivity index (χ0) is 11.1. The van der Waals surface area contributed by atoms with Crippen LogP contribution in [-0.4, -0.2) is 25.5 Å². The van der Waals surface area contributed by atoms with E-state index in [9.17, 15) is 4.79 Å². The molecule has 0 aliphatic carbocycles. The first kappa shape index (κ1) is 12.5. The van der Waals surface area contributed by atoms with E-state index in [1.807, 2.05) is 0 Å². The Morgan fingerprint density at radius 1 is 1.40 bits per heavy atom. The monoisotopic (exact) mass is 212 g/mol. The third kappa shape index (κ3) is 5.17. The molecule has 0 aromatic heterocycles. The molecule has 0 unspecified atom stereocenters. The molecular formula is C12H24N2O. The van der Waals surface area contributed by atoms with E-state index in [-0.39, 0.29) is 11.8 Å². The second-order valence-corrected chi connectivity index (χ2v) is 4.85. The Morgan fingerprint density at radius 3 is 2.67 bits per heavy atom. The summed E-state index contributed by atoms with van der Waals surface area (Å²) in [7, 11) is 0. The van der Waals surface area contributed by atoms with Gasteiger partial charge in [0.15, 0.2) is 0 Å². The van der Waals surface area contributed by atoms with Crippen LogP contribution in [0.2, 0.25) is 0 Å². The molecule has 0 radical (unpaired) electrons. The molecule has 0 atom stereocenters. The van der Waals surface area contributed by atoms with Crippen LogP contribution in [0.25, 0.3) is 0 Å². The summed E-state index contributed by atoms with van der Waals surface area (Å²) < 4.78 is 0. The highest BCUT2D eigenvalue weighted by Crippen LogP contribution is 2.11. The fourth-order valence-corrected chi connectivity index (χ4v) is 1.95. The molecule has 0 saturated carbocycles. The highest BCUT2D eigenvalue weighted by Gasteiger charge is 2.19. The summed E-state index contributed by atoms with van der Waals surface area (Å²) in [6.45, 7) is 7.26. The molecule has 1 amide bonds. The van der Waals surface area contributed by atoms with Gasteiger partial charge < -0.3 is 10.6 Å². The van der Waals surface area contributed by atoms with Crippen LogP contribution < -0.4 is 10.6 Å². The van der Waals surface area contributed by atoms with Gasteiger partial charge in [0.25, 0.3) is 0 Å². The summed E-state index contributed by atoms with van der Waals surface area (Å²) >= 11 is 0. The number of hydrogen-bond acceptors (Lipinski definition) is 2. The molecule has 15 heavy (non-hydrogen) atoms. The van der Waals surface area contributed by atoms with Crippen LogP contribution in [0.4, 0.5) is 0 Å². The minimum absolute atomic E-state index is 0.255. The smallest absolute Gasteiger partial charge is 0.223 e. The molecule has 1 heterocycles. The summed E-state index contributed by atoms with van der Waals surface area (Å²) in [6, 6.07) is 0. The lowest BCUT2D eigenvalue weighted by molar-refractivity contribution is -0.125. The first-order valence-electron chi connectivity index (χ1n) is 6.18. The molecule has 1 saturated heterocycles. The van der Waals surface area contributed by atoms with Gasteiger partial charge in [0, 0.05) is 12.5 Å². The summed E-state index contributed by atoms with van der Waals surface area (Å²) in [5.74, 6) is 1.26. The van der Waals surface area contributed by atoms with Crippen molar-refractivity contribution in [3.8, 4) is 0 Å². The SMILES string of the molecule is CC(C)CCCNC(=O)C1CCNCC1. The lowest BCUT2D eigenvalue weighted by Crippen LogP contribution is -2.38. The molecule has 1 fully saturated rings. The van der Waals surface area contributed by atoms with E-state index < -0.39 is 0 Å². The molecule has 0 spiro atoms. The van der Waals surface area contributed by atoms with E-state index in [1.54, 1.807) is 0 Å². The van der Waals surface area contributed by atoms with Crippen molar-refractivity contribution in [2.24, 2.45) is 11.8 Å². The largest absolute Gasteiger partial charge is 0.356 e. The third-order valence-electron chi connectivity index (χ3n) is 2.97. The third-order valence-corrected chi connectivity index (χ3v) is 2.97. The molecule has 3 heteroatoms. The van der Waals surface area contributed by atoms with Crippen molar-refractivity contribution in [3.05, 3.63) is 0 Å². The number of carbonyl (C=O) groups excluding carboxylic acids is 1. The van der Waals surface area contributed by atoms with Gasteiger partial charge in [-0.25, -0.2) is 0 Å². The minimum atomic E-state index is 0.255. The first-order valence-corrected chi connectivity index (χ1v) is 6.18. The molecule has 1 aliphatic heterocycles. The Labute approximate surface area is 93.0 Å². The summed E-state index contributed by atoms with van der Waals surface area (Å²) in [4.78, 5) is 11.7. The molecule has 2 N–H and O–H groups in total. The standard InChI is InChI=1S/C12H24N2O/c1-10(2)4-3-7-14-12(15)11-5-8-13-9-6-11/h10-11,13H,3-9H2,1-2H3,(H,14,15). The van der Waals surface area contributed by atoms with Gasteiger partial charge in [-0.15, -0.1) is 0 Å². The first-order chi connectivity index (χ1) is 7.20. The van der Waals surface area contributed by atoms with Gasteiger partial charge in [0.1, 0.15) is 0 Å². The van der Waals surface area contributed by atoms with Crippen LogP contribution in [0.3, 0.4) is 0 Å². The zero-order valence-corrected chi connectivity index (χ0v) is 10.0. The molecule has 1 rings (SSSR count). The molecule has 3 nitrogen and oxygen atoms in total. The van der Waals surface area contributed by atoms with Gasteiger partial charge in [0.05, 0.1) is 0 Å². The van der Waals surface area contributed by atoms with E-state index in [4.69, 9.17) is 0 Å². The van der Waals surface area contributed by atoms with Crippen molar-refractivity contribution in [3.63, 3.8) is 0 Å². The van der Waals surface area contributed by atoms with E-state index >= 15 is 0 Å².